The molecule has 1 aromatic heterocycles. The highest BCUT2D eigenvalue weighted by Gasteiger charge is 2.17. The molecule has 2 heterocycles. The quantitative estimate of drug-likeness (QED) is 0.871. The Kier molecular flexibility index (Phi) is 4.68. The van der Waals surface area contributed by atoms with Crippen molar-refractivity contribution in [2.45, 2.75) is 19.8 Å². The first-order chi connectivity index (χ1) is 9.19. The van der Waals surface area contributed by atoms with E-state index >= 15 is 0 Å². The van der Waals surface area contributed by atoms with Gasteiger partial charge in [-0.2, -0.15) is 0 Å². The van der Waals surface area contributed by atoms with Crippen LogP contribution in [0.4, 0.5) is 10.5 Å². The van der Waals surface area contributed by atoms with Crippen molar-refractivity contribution >= 4 is 11.7 Å². The van der Waals surface area contributed by atoms with Crippen molar-refractivity contribution in [2.24, 2.45) is 0 Å². The number of carbonyl (C=O) groups excluding carboxylic acids is 1. The molecule has 6 heteroatoms. The third kappa shape index (κ3) is 3.89. The van der Waals surface area contributed by atoms with Crippen LogP contribution >= 0.6 is 0 Å². The maximum atomic E-state index is 12.1. The number of aryl methyl sites for hydroxylation is 1. The number of hydrogen-bond acceptors (Lipinski definition) is 4. The molecule has 0 bridgehead atoms. The van der Waals surface area contributed by atoms with Crippen LogP contribution in [0, 0.1) is 0 Å². The number of aromatic nitrogens is 2. The monoisotopic (exact) mass is 263 g/mol. The van der Waals surface area contributed by atoms with Crippen LogP contribution in [-0.2, 0) is 6.42 Å². The highest BCUT2D eigenvalue weighted by Crippen LogP contribution is 2.07. The van der Waals surface area contributed by atoms with E-state index in [1.54, 1.807) is 12.4 Å². The Morgan fingerprint density at radius 2 is 2.00 bits per heavy atom. The van der Waals surface area contributed by atoms with Crippen LogP contribution in [0.5, 0.6) is 0 Å². The summed E-state index contributed by atoms with van der Waals surface area (Å²) in [6, 6.07) is -0.0665. The number of amides is 2. The minimum Gasteiger partial charge on any atom is -0.323 e. The molecule has 1 aliphatic rings. The van der Waals surface area contributed by atoms with E-state index in [-0.39, 0.29) is 6.03 Å². The summed E-state index contributed by atoms with van der Waals surface area (Å²) >= 11 is 0. The molecule has 19 heavy (non-hydrogen) atoms. The van der Waals surface area contributed by atoms with Crippen molar-refractivity contribution in [3.8, 4) is 0 Å². The molecule has 1 saturated heterocycles. The molecule has 0 atom stereocenters. The Labute approximate surface area is 113 Å². The van der Waals surface area contributed by atoms with Gasteiger partial charge in [0, 0.05) is 26.1 Å². The number of carbonyl (C=O) groups is 1. The SMILES string of the molecule is CCc1ncc(NC(=O)N2CCCN(C)CC2)cn1. The lowest BCUT2D eigenvalue weighted by Gasteiger charge is -2.20. The zero-order chi connectivity index (χ0) is 13.7. The summed E-state index contributed by atoms with van der Waals surface area (Å²) in [6.07, 6.45) is 5.13. The predicted octanol–water partition coefficient (Wildman–Crippen LogP) is 1.21. The molecule has 104 valence electrons. The zero-order valence-corrected chi connectivity index (χ0v) is 11.6. The van der Waals surface area contributed by atoms with Crippen molar-refractivity contribution in [2.75, 3.05) is 38.5 Å². The summed E-state index contributed by atoms with van der Waals surface area (Å²) < 4.78 is 0. The van der Waals surface area contributed by atoms with Crippen molar-refractivity contribution < 1.29 is 4.79 Å². The largest absolute Gasteiger partial charge is 0.323 e. The van der Waals surface area contributed by atoms with E-state index in [9.17, 15) is 4.79 Å². The van der Waals surface area contributed by atoms with Gasteiger partial charge in [0.2, 0.25) is 0 Å². The number of nitrogens with zero attached hydrogens (tertiary/aromatic N) is 4. The number of anilines is 1. The second-order valence-electron chi connectivity index (χ2n) is 4.82. The third-order valence-corrected chi connectivity index (χ3v) is 3.28. The molecule has 0 radical (unpaired) electrons. The topological polar surface area (TPSA) is 61.4 Å². The van der Waals surface area contributed by atoms with Gasteiger partial charge in [-0.15, -0.1) is 0 Å². The van der Waals surface area contributed by atoms with Gasteiger partial charge in [-0.3, -0.25) is 0 Å². The highest BCUT2D eigenvalue weighted by molar-refractivity contribution is 5.88. The van der Waals surface area contributed by atoms with Crippen molar-refractivity contribution in [1.82, 2.24) is 19.8 Å². The molecular weight excluding hydrogens is 242 g/mol. The predicted molar refractivity (Wildman–Crippen MR) is 74.1 cm³/mol. The van der Waals surface area contributed by atoms with Crippen molar-refractivity contribution in [1.29, 1.82) is 0 Å². The second kappa shape index (κ2) is 6.47. The summed E-state index contributed by atoms with van der Waals surface area (Å²) in [7, 11) is 2.08. The smallest absolute Gasteiger partial charge is 0.321 e. The summed E-state index contributed by atoms with van der Waals surface area (Å²) in [4.78, 5) is 24.6. The minimum absolute atomic E-state index is 0.0665. The summed E-state index contributed by atoms with van der Waals surface area (Å²) in [5.74, 6) is 0.786. The van der Waals surface area contributed by atoms with Crippen LogP contribution in [0.1, 0.15) is 19.2 Å². The molecule has 0 aromatic carbocycles. The molecule has 6 nitrogen and oxygen atoms in total. The minimum atomic E-state index is -0.0665. The fourth-order valence-electron chi connectivity index (χ4n) is 2.05. The maximum Gasteiger partial charge on any atom is 0.321 e. The average Bonchev–Trinajstić information content (AvgIpc) is 2.64. The Morgan fingerprint density at radius 1 is 1.26 bits per heavy atom. The van der Waals surface area contributed by atoms with Crippen molar-refractivity contribution in [3.05, 3.63) is 18.2 Å². The molecule has 1 aliphatic heterocycles. The molecular formula is C13H21N5O. The van der Waals surface area contributed by atoms with Crippen LogP contribution in [-0.4, -0.2) is 59.0 Å². The van der Waals surface area contributed by atoms with Gasteiger partial charge in [0.05, 0.1) is 18.1 Å². The van der Waals surface area contributed by atoms with Gasteiger partial charge in [-0.05, 0) is 20.0 Å². The standard InChI is InChI=1S/C13H21N5O/c1-3-12-14-9-11(10-15-12)16-13(19)18-6-4-5-17(2)7-8-18/h9-10H,3-8H2,1-2H3,(H,16,19). The van der Waals surface area contributed by atoms with Gasteiger partial charge in [-0.1, -0.05) is 6.92 Å². The molecule has 0 saturated carbocycles. The lowest BCUT2D eigenvalue weighted by Crippen LogP contribution is -2.37. The number of nitrogens with one attached hydrogen (secondary N) is 1. The van der Waals surface area contributed by atoms with Crippen LogP contribution in [0.25, 0.3) is 0 Å². The van der Waals surface area contributed by atoms with Gasteiger partial charge in [-0.25, -0.2) is 14.8 Å². The Morgan fingerprint density at radius 3 is 2.68 bits per heavy atom. The van der Waals surface area contributed by atoms with Gasteiger partial charge in [0.25, 0.3) is 0 Å². The normalized spacial score (nSPS) is 17.1. The van der Waals surface area contributed by atoms with Crippen LogP contribution in [0.15, 0.2) is 12.4 Å². The molecule has 0 spiro atoms. The molecule has 2 amide bonds. The summed E-state index contributed by atoms with van der Waals surface area (Å²) in [6.45, 7) is 5.51. The summed E-state index contributed by atoms with van der Waals surface area (Å²) in [5.41, 5.74) is 0.653. The first-order valence-electron chi connectivity index (χ1n) is 6.74. The zero-order valence-electron chi connectivity index (χ0n) is 11.6. The van der Waals surface area contributed by atoms with Crippen LogP contribution < -0.4 is 5.32 Å². The van der Waals surface area contributed by atoms with Gasteiger partial charge in [0.15, 0.2) is 0 Å². The molecule has 1 aromatic rings. The van der Waals surface area contributed by atoms with Gasteiger partial charge < -0.3 is 15.1 Å². The van der Waals surface area contributed by atoms with E-state index in [1.165, 1.54) is 0 Å². The fraction of sp³-hybridized carbons (Fsp3) is 0.615. The first kappa shape index (κ1) is 13.7. The number of likely N-dealkylation sites (N-methyl/N-ethyl adjacent to an activating group) is 1. The lowest BCUT2D eigenvalue weighted by atomic mass is 10.4. The molecule has 0 aliphatic carbocycles. The molecule has 1 N–H and O–H groups in total. The maximum absolute atomic E-state index is 12.1. The fourth-order valence-corrected chi connectivity index (χ4v) is 2.05. The van der Waals surface area contributed by atoms with Crippen molar-refractivity contribution in [3.63, 3.8) is 0 Å². The number of rotatable bonds is 2. The molecule has 1 fully saturated rings. The number of urea groups is 1. The Hall–Kier alpha value is -1.69. The van der Waals surface area contributed by atoms with Crippen LogP contribution in [0.3, 0.4) is 0 Å². The Bertz CT molecular complexity index is 420. The van der Waals surface area contributed by atoms with E-state index in [2.05, 4.69) is 27.2 Å². The van der Waals surface area contributed by atoms with E-state index < -0.39 is 0 Å². The van der Waals surface area contributed by atoms with E-state index in [0.29, 0.717) is 5.69 Å². The third-order valence-electron chi connectivity index (χ3n) is 3.28. The molecule has 0 unspecified atom stereocenters. The second-order valence-corrected chi connectivity index (χ2v) is 4.82. The van der Waals surface area contributed by atoms with Gasteiger partial charge in [0.1, 0.15) is 5.82 Å². The van der Waals surface area contributed by atoms with E-state index in [4.69, 9.17) is 0 Å². The average molecular weight is 263 g/mol. The first-order valence-corrected chi connectivity index (χ1v) is 6.74. The van der Waals surface area contributed by atoms with Crippen LogP contribution in [0.2, 0.25) is 0 Å². The van der Waals surface area contributed by atoms with E-state index in [0.717, 1.165) is 44.8 Å². The number of hydrogen-bond donors (Lipinski definition) is 1. The van der Waals surface area contributed by atoms with Gasteiger partial charge >= 0.3 is 6.03 Å². The summed E-state index contributed by atoms with van der Waals surface area (Å²) in [5, 5.41) is 2.85. The highest BCUT2D eigenvalue weighted by atomic mass is 16.2. The lowest BCUT2D eigenvalue weighted by molar-refractivity contribution is 0.213. The molecule has 2 rings (SSSR count). The van der Waals surface area contributed by atoms with E-state index in [1.807, 2.05) is 11.8 Å². The Balaban J connectivity index is 1.92.